The summed E-state index contributed by atoms with van der Waals surface area (Å²) in [5.41, 5.74) is 8.09. The summed E-state index contributed by atoms with van der Waals surface area (Å²) >= 11 is 0. The molecular weight excluding hydrogens is 658 g/mol. The molecule has 0 bridgehead atoms. The number of hydrogen-bond acceptors (Lipinski definition) is 6. The van der Waals surface area contributed by atoms with Crippen molar-refractivity contribution in [2.24, 2.45) is 0 Å². The third-order valence-electron chi connectivity index (χ3n) is 5.54. The number of hydrogen-bond donors (Lipinski definition) is 0. The van der Waals surface area contributed by atoms with Gasteiger partial charge in [0.15, 0.2) is 0 Å². The Kier molecular flexibility index (Phi) is 15.7. The van der Waals surface area contributed by atoms with Crippen LogP contribution < -0.4 is 0 Å². The molecule has 0 saturated heterocycles. The van der Waals surface area contributed by atoms with Crippen LogP contribution in [0.3, 0.4) is 0 Å². The van der Waals surface area contributed by atoms with Crippen molar-refractivity contribution in [3.63, 3.8) is 0 Å². The van der Waals surface area contributed by atoms with E-state index in [1.165, 1.54) is 39.8 Å². The molecule has 0 aliphatic heterocycles. The Morgan fingerprint density at radius 1 is 0.600 bits per heavy atom. The molecule has 10 heteroatoms. The second kappa shape index (κ2) is 17.6. The van der Waals surface area contributed by atoms with Crippen molar-refractivity contribution >= 4 is 29.5 Å². The largest absolute Gasteiger partial charge is 2.00 e. The molecule has 0 radical (unpaired) electrons. The monoisotopic (exact) mass is 690 g/mol. The standard InChI is InChI=1S/C28H27P.2CH4O3S.Pd/c29-21-11-20-28(26-18-9-7-16-24(26)22-12-3-1-4-13-22)27-19-10-8-17-25(27)23-14-5-2-6-15-23;2*1-5(2,3)4;/h1-10,12-19,28H,11,20-21,29H2;2*1H3,(H,2,3,4);/q;;;+2/p-2. The van der Waals surface area contributed by atoms with Crippen LogP contribution in [0.25, 0.3) is 22.3 Å². The predicted octanol–water partition coefficient (Wildman–Crippen LogP) is 6.13. The molecule has 4 aromatic rings. The zero-order valence-corrected chi connectivity index (χ0v) is 26.6. The van der Waals surface area contributed by atoms with Crippen molar-refractivity contribution in [1.29, 1.82) is 0 Å². The summed E-state index contributed by atoms with van der Waals surface area (Å²) in [4.78, 5) is 0. The van der Waals surface area contributed by atoms with Crippen molar-refractivity contribution < 1.29 is 46.4 Å². The van der Waals surface area contributed by atoms with Gasteiger partial charge in [0, 0.05) is 18.4 Å². The van der Waals surface area contributed by atoms with Crippen molar-refractivity contribution in [3.05, 3.63) is 120 Å². The first-order valence-electron chi connectivity index (χ1n) is 12.2. The smallest absolute Gasteiger partial charge is 0.748 e. The summed E-state index contributed by atoms with van der Waals surface area (Å²) in [7, 11) is -4.94. The number of benzene rings is 4. The van der Waals surface area contributed by atoms with Gasteiger partial charge in [-0.2, -0.15) is 0 Å². The van der Waals surface area contributed by atoms with Crippen molar-refractivity contribution in [3.8, 4) is 22.3 Å². The van der Waals surface area contributed by atoms with Gasteiger partial charge < -0.3 is 9.11 Å². The first-order chi connectivity index (χ1) is 18.4. The zero-order valence-electron chi connectivity index (χ0n) is 22.3. The van der Waals surface area contributed by atoms with E-state index in [4.69, 9.17) is 25.9 Å². The third kappa shape index (κ3) is 13.9. The topological polar surface area (TPSA) is 114 Å². The van der Waals surface area contributed by atoms with Gasteiger partial charge in [-0.1, -0.05) is 109 Å². The molecule has 40 heavy (non-hydrogen) atoms. The fraction of sp³-hybridized carbons (Fsp3) is 0.200. The van der Waals surface area contributed by atoms with E-state index in [2.05, 4.69) is 118 Å². The van der Waals surface area contributed by atoms with E-state index in [0.717, 1.165) is 12.6 Å². The molecule has 4 rings (SSSR count). The molecule has 0 fully saturated rings. The molecule has 0 amide bonds. The summed E-state index contributed by atoms with van der Waals surface area (Å²) in [5.74, 6) is 0.364. The van der Waals surface area contributed by atoms with E-state index >= 15 is 0 Å². The van der Waals surface area contributed by atoms with Gasteiger partial charge in [-0.3, -0.25) is 0 Å². The van der Waals surface area contributed by atoms with Gasteiger partial charge >= 0.3 is 20.4 Å². The Morgan fingerprint density at radius 3 is 1.23 bits per heavy atom. The van der Waals surface area contributed by atoms with Crippen molar-refractivity contribution in [2.75, 3.05) is 18.7 Å². The SMILES string of the molecule is CS(=O)(=O)[O-].CS(=O)(=O)[O-].PCCCC(c1ccccc1-c1ccccc1)c1ccccc1-c1ccccc1.[Pd+2]. The Balaban J connectivity index is 0.000000628. The minimum Gasteiger partial charge on any atom is -0.748 e. The van der Waals surface area contributed by atoms with Crippen LogP contribution in [0.5, 0.6) is 0 Å². The maximum atomic E-state index is 9.08. The Morgan fingerprint density at radius 2 is 0.900 bits per heavy atom. The van der Waals surface area contributed by atoms with Crippen LogP contribution in [-0.2, 0) is 40.7 Å². The van der Waals surface area contributed by atoms with Crippen molar-refractivity contribution in [1.82, 2.24) is 0 Å². The van der Waals surface area contributed by atoms with Crippen LogP contribution in [0.2, 0.25) is 0 Å². The van der Waals surface area contributed by atoms with Gasteiger partial charge in [-0.15, -0.1) is 9.24 Å². The minimum absolute atomic E-state index is 0. The second-order valence-electron chi connectivity index (χ2n) is 8.80. The fourth-order valence-corrected chi connectivity index (χ4v) is 4.40. The maximum absolute atomic E-state index is 9.08. The summed E-state index contributed by atoms with van der Waals surface area (Å²) in [6.07, 6.45) is 4.65. The Bertz CT molecular complexity index is 1390. The number of rotatable bonds is 7. The van der Waals surface area contributed by atoms with Gasteiger partial charge in [0.25, 0.3) is 0 Å². The fourth-order valence-electron chi connectivity index (χ4n) is 4.16. The third-order valence-corrected chi connectivity index (χ3v) is 5.95. The molecule has 0 N–H and O–H groups in total. The molecule has 216 valence electrons. The van der Waals surface area contributed by atoms with E-state index in [9.17, 15) is 0 Å². The molecule has 0 aliphatic rings. The molecular formula is C30H33O6PPdS2. The van der Waals surface area contributed by atoms with Gasteiger partial charge in [0.2, 0.25) is 0 Å². The quantitative estimate of drug-likeness (QED) is 0.131. The Hall–Kier alpha value is -2.21. The van der Waals surface area contributed by atoms with E-state index in [1.54, 1.807) is 0 Å². The Labute approximate surface area is 254 Å². The van der Waals surface area contributed by atoms with E-state index in [-0.39, 0.29) is 20.4 Å². The maximum Gasteiger partial charge on any atom is 2.00 e. The first kappa shape index (κ1) is 35.8. The first-order valence-corrected chi connectivity index (χ1v) is 16.6. The normalized spacial score (nSPS) is 10.8. The van der Waals surface area contributed by atoms with E-state index < -0.39 is 20.2 Å². The van der Waals surface area contributed by atoms with Crippen LogP contribution in [0.4, 0.5) is 0 Å². The summed E-state index contributed by atoms with van der Waals surface area (Å²) in [6.45, 7) is 0. The van der Waals surface area contributed by atoms with Crippen LogP contribution in [-0.4, -0.2) is 44.6 Å². The average molecular weight is 691 g/mol. The summed E-state index contributed by atoms with van der Waals surface area (Å²) < 4.78 is 54.5. The molecule has 0 aromatic heterocycles. The molecule has 4 aromatic carbocycles. The molecule has 0 saturated carbocycles. The van der Waals surface area contributed by atoms with Crippen LogP contribution >= 0.6 is 9.24 Å². The van der Waals surface area contributed by atoms with Gasteiger partial charge in [-0.25, -0.2) is 16.8 Å². The van der Waals surface area contributed by atoms with Gasteiger partial charge in [0.1, 0.15) is 0 Å². The van der Waals surface area contributed by atoms with Crippen LogP contribution in [0.1, 0.15) is 29.9 Å². The minimum atomic E-state index is -3.92. The van der Waals surface area contributed by atoms with E-state index in [0.29, 0.717) is 18.4 Å². The molecule has 0 heterocycles. The van der Waals surface area contributed by atoms with Crippen LogP contribution in [0.15, 0.2) is 109 Å². The van der Waals surface area contributed by atoms with Crippen LogP contribution in [0, 0.1) is 0 Å². The molecule has 6 nitrogen and oxygen atoms in total. The summed E-state index contributed by atoms with van der Waals surface area (Å²) in [6, 6.07) is 39.4. The average Bonchev–Trinajstić information content (AvgIpc) is 2.89. The molecule has 1 atom stereocenters. The molecule has 1 unspecified atom stereocenters. The zero-order chi connectivity index (χ0) is 28.9. The van der Waals surface area contributed by atoms with Gasteiger partial charge in [-0.05, 0) is 52.4 Å². The van der Waals surface area contributed by atoms with E-state index in [1.807, 2.05) is 0 Å². The van der Waals surface area contributed by atoms with Gasteiger partial charge in [0.05, 0.1) is 20.2 Å². The second-order valence-corrected chi connectivity index (χ2v) is 12.2. The predicted molar refractivity (Wildman–Crippen MR) is 161 cm³/mol. The summed E-state index contributed by atoms with van der Waals surface area (Å²) in [5, 5.41) is 0. The molecule has 0 spiro atoms. The molecule has 0 aliphatic carbocycles. The van der Waals surface area contributed by atoms with Crippen molar-refractivity contribution in [2.45, 2.75) is 18.8 Å².